The fourth-order valence-electron chi connectivity index (χ4n) is 1.94. The van der Waals surface area contributed by atoms with Crippen LogP contribution in [0.4, 0.5) is 5.00 Å². The van der Waals surface area contributed by atoms with Crippen molar-refractivity contribution in [2.45, 2.75) is 32.6 Å². The van der Waals surface area contributed by atoms with Crippen molar-refractivity contribution in [2.75, 3.05) is 11.8 Å². The van der Waals surface area contributed by atoms with E-state index in [1.807, 2.05) is 33.8 Å². The third-order valence-electron chi connectivity index (χ3n) is 3.47. The van der Waals surface area contributed by atoms with Crippen LogP contribution in [0.2, 0.25) is 0 Å². The first-order valence-corrected chi connectivity index (χ1v) is 8.79. The van der Waals surface area contributed by atoms with Crippen molar-refractivity contribution >= 4 is 26.4 Å². The summed E-state index contributed by atoms with van der Waals surface area (Å²) in [5.41, 5.74) is 2.98. The molecule has 4 nitrogen and oxygen atoms in total. The van der Waals surface area contributed by atoms with E-state index in [0.29, 0.717) is 10.8 Å². The van der Waals surface area contributed by atoms with Crippen molar-refractivity contribution < 1.29 is 13.2 Å². The van der Waals surface area contributed by atoms with Gasteiger partial charge < -0.3 is 4.74 Å². The number of nitrogens with one attached hydrogen (secondary N) is 1. The third kappa shape index (κ3) is 3.22. The van der Waals surface area contributed by atoms with Gasteiger partial charge in [0, 0.05) is 4.88 Å². The highest BCUT2D eigenvalue weighted by Gasteiger charge is 2.21. The maximum atomic E-state index is 12.6. The largest absolute Gasteiger partial charge is 0.495 e. The van der Waals surface area contributed by atoms with Crippen molar-refractivity contribution in [2.24, 2.45) is 0 Å². The molecule has 0 amide bonds. The lowest BCUT2D eigenvalue weighted by Gasteiger charge is -2.13. The lowest BCUT2D eigenvalue weighted by Crippen LogP contribution is -2.13. The standard InChI is InChI=1S/C15H19NO3S2/c1-9-6-13(19-5)14(7-10(9)2)21(17,18)16-15-8-11(3)12(4)20-15/h6-8,16H,1-5H3. The van der Waals surface area contributed by atoms with Crippen LogP contribution >= 0.6 is 11.3 Å². The van der Waals surface area contributed by atoms with Crippen LogP contribution in [0.1, 0.15) is 21.6 Å². The fourth-order valence-corrected chi connectivity index (χ4v) is 4.40. The second kappa shape index (κ2) is 5.69. The second-order valence-corrected chi connectivity index (χ2v) is 7.95. The van der Waals surface area contributed by atoms with Gasteiger partial charge in [0.1, 0.15) is 15.6 Å². The van der Waals surface area contributed by atoms with E-state index in [2.05, 4.69) is 4.72 Å². The molecule has 1 N–H and O–H groups in total. The van der Waals surface area contributed by atoms with Gasteiger partial charge in [0.25, 0.3) is 10.0 Å². The van der Waals surface area contributed by atoms with Gasteiger partial charge in [0.15, 0.2) is 0 Å². The van der Waals surface area contributed by atoms with Crippen molar-refractivity contribution in [1.82, 2.24) is 0 Å². The molecule has 0 fully saturated rings. The molecule has 6 heteroatoms. The van der Waals surface area contributed by atoms with E-state index in [4.69, 9.17) is 4.74 Å². The Kier molecular flexibility index (Phi) is 4.30. The molecule has 1 heterocycles. The highest BCUT2D eigenvalue weighted by molar-refractivity contribution is 7.93. The molecule has 0 bridgehead atoms. The Balaban J connectivity index is 2.46. The number of rotatable bonds is 4. The maximum absolute atomic E-state index is 12.6. The molecule has 0 saturated heterocycles. The molecule has 0 saturated carbocycles. The van der Waals surface area contributed by atoms with Crippen molar-refractivity contribution in [3.63, 3.8) is 0 Å². The molecule has 1 aromatic heterocycles. The van der Waals surface area contributed by atoms with Crippen LogP contribution in [0.3, 0.4) is 0 Å². The summed E-state index contributed by atoms with van der Waals surface area (Å²) in [6.07, 6.45) is 0. The van der Waals surface area contributed by atoms with E-state index in [0.717, 1.165) is 21.6 Å². The minimum absolute atomic E-state index is 0.164. The molecular formula is C15H19NO3S2. The van der Waals surface area contributed by atoms with Crippen LogP contribution in [0, 0.1) is 27.7 Å². The summed E-state index contributed by atoms with van der Waals surface area (Å²) in [5.74, 6) is 0.357. The fraction of sp³-hybridized carbons (Fsp3) is 0.333. The molecular weight excluding hydrogens is 306 g/mol. The highest BCUT2D eigenvalue weighted by Crippen LogP contribution is 2.32. The average molecular weight is 325 g/mol. The number of anilines is 1. The molecule has 0 aliphatic rings. The molecule has 21 heavy (non-hydrogen) atoms. The van der Waals surface area contributed by atoms with Gasteiger partial charge in [-0.15, -0.1) is 11.3 Å². The topological polar surface area (TPSA) is 55.4 Å². The Morgan fingerprint density at radius 1 is 1.00 bits per heavy atom. The van der Waals surface area contributed by atoms with Gasteiger partial charge in [-0.25, -0.2) is 8.42 Å². The van der Waals surface area contributed by atoms with Crippen molar-refractivity contribution in [3.8, 4) is 5.75 Å². The van der Waals surface area contributed by atoms with Crippen molar-refractivity contribution in [3.05, 3.63) is 39.8 Å². The van der Waals surface area contributed by atoms with Gasteiger partial charge in [0.05, 0.1) is 7.11 Å². The SMILES string of the molecule is COc1cc(C)c(C)cc1S(=O)(=O)Nc1cc(C)c(C)s1. The van der Waals surface area contributed by atoms with Crippen LogP contribution in [0.25, 0.3) is 0 Å². The third-order valence-corrected chi connectivity index (χ3v) is 6.05. The molecule has 0 aliphatic heterocycles. The number of methoxy groups -OCH3 is 1. The van der Waals surface area contributed by atoms with Gasteiger partial charge >= 0.3 is 0 Å². The molecule has 2 rings (SSSR count). The molecule has 0 aliphatic carbocycles. The van der Waals surface area contributed by atoms with E-state index < -0.39 is 10.0 Å². The van der Waals surface area contributed by atoms with Gasteiger partial charge in [-0.2, -0.15) is 0 Å². The van der Waals surface area contributed by atoms with Crippen LogP contribution < -0.4 is 9.46 Å². The predicted molar refractivity (Wildman–Crippen MR) is 87.1 cm³/mol. The number of aryl methyl sites for hydroxylation is 4. The zero-order chi connectivity index (χ0) is 15.8. The van der Waals surface area contributed by atoms with Crippen LogP contribution in [-0.2, 0) is 10.0 Å². The smallest absolute Gasteiger partial charge is 0.266 e. The molecule has 0 spiro atoms. The van der Waals surface area contributed by atoms with E-state index in [1.54, 1.807) is 12.1 Å². The van der Waals surface area contributed by atoms with E-state index >= 15 is 0 Å². The van der Waals surface area contributed by atoms with E-state index in [-0.39, 0.29) is 4.90 Å². The normalized spacial score (nSPS) is 11.5. The average Bonchev–Trinajstić information content (AvgIpc) is 2.70. The Morgan fingerprint density at radius 2 is 1.62 bits per heavy atom. The Morgan fingerprint density at radius 3 is 2.14 bits per heavy atom. The molecule has 114 valence electrons. The Bertz CT molecular complexity index is 757. The molecule has 0 atom stereocenters. The number of sulfonamides is 1. The summed E-state index contributed by atoms with van der Waals surface area (Å²) >= 11 is 1.43. The highest BCUT2D eigenvalue weighted by atomic mass is 32.2. The first-order chi connectivity index (χ1) is 9.74. The molecule has 1 aromatic carbocycles. The lowest BCUT2D eigenvalue weighted by atomic mass is 10.1. The Labute approximate surface area is 129 Å². The van der Waals surface area contributed by atoms with Gasteiger partial charge in [-0.3, -0.25) is 4.72 Å². The van der Waals surface area contributed by atoms with Crippen LogP contribution in [-0.4, -0.2) is 15.5 Å². The number of thiophene rings is 1. The van der Waals surface area contributed by atoms with Crippen molar-refractivity contribution in [1.29, 1.82) is 0 Å². The number of hydrogen-bond donors (Lipinski definition) is 1. The zero-order valence-corrected chi connectivity index (χ0v) is 14.4. The Hall–Kier alpha value is -1.53. The summed E-state index contributed by atoms with van der Waals surface area (Å²) < 4.78 is 33.0. The number of ether oxygens (including phenoxy) is 1. The van der Waals surface area contributed by atoms with Crippen LogP contribution in [0.15, 0.2) is 23.1 Å². The summed E-state index contributed by atoms with van der Waals surface area (Å²) in [4.78, 5) is 1.26. The lowest BCUT2D eigenvalue weighted by molar-refractivity contribution is 0.402. The second-order valence-electron chi connectivity index (χ2n) is 5.04. The number of benzene rings is 1. The summed E-state index contributed by atoms with van der Waals surface area (Å²) in [6, 6.07) is 5.23. The summed E-state index contributed by atoms with van der Waals surface area (Å²) in [7, 11) is -2.19. The molecule has 0 radical (unpaired) electrons. The van der Waals surface area contributed by atoms with Crippen LogP contribution in [0.5, 0.6) is 5.75 Å². The van der Waals surface area contributed by atoms with E-state index in [1.165, 1.54) is 18.4 Å². The van der Waals surface area contributed by atoms with Gasteiger partial charge in [-0.05, 0) is 62.6 Å². The zero-order valence-electron chi connectivity index (χ0n) is 12.8. The molecule has 0 unspecified atom stereocenters. The van der Waals surface area contributed by atoms with Gasteiger partial charge in [0.2, 0.25) is 0 Å². The molecule has 2 aromatic rings. The minimum Gasteiger partial charge on any atom is -0.495 e. The minimum atomic E-state index is -3.66. The summed E-state index contributed by atoms with van der Waals surface area (Å²) in [5, 5.41) is 0.616. The first-order valence-electron chi connectivity index (χ1n) is 6.49. The van der Waals surface area contributed by atoms with E-state index in [9.17, 15) is 8.42 Å². The maximum Gasteiger partial charge on any atom is 0.266 e. The predicted octanol–water partition coefficient (Wildman–Crippen LogP) is 3.79. The van der Waals surface area contributed by atoms with Gasteiger partial charge in [-0.1, -0.05) is 0 Å². The quantitative estimate of drug-likeness (QED) is 0.930. The number of hydrogen-bond acceptors (Lipinski definition) is 4. The monoisotopic (exact) mass is 325 g/mol. The first kappa shape index (κ1) is 15.9. The summed E-state index contributed by atoms with van der Waals surface area (Å²) in [6.45, 7) is 7.73.